The number of halogens is 2. The highest BCUT2D eigenvalue weighted by Gasteiger charge is 2.21. The Balaban J connectivity index is 2.05. The number of amides is 1. The van der Waals surface area contributed by atoms with Gasteiger partial charge in [0.1, 0.15) is 5.82 Å². The lowest BCUT2D eigenvalue weighted by Crippen LogP contribution is -2.46. The minimum absolute atomic E-state index is 0.156. The zero-order chi connectivity index (χ0) is 13.1. The van der Waals surface area contributed by atoms with Gasteiger partial charge in [0.25, 0.3) is 5.91 Å². The van der Waals surface area contributed by atoms with E-state index in [0.29, 0.717) is 16.1 Å². The predicted octanol–water partition coefficient (Wildman–Crippen LogP) is 2.46. The molecule has 2 atom stereocenters. The normalized spacial score (nSPS) is 23.7. The predicted molar refractivity (Wildman–Crippen MR) is 72.1 cm³/mol. The summed E-state index contributed by atoms with van der Waals surface area (Å²) in [5.41, 5.74) is 0.348. The van der Waals surface area contributed by atoms with Crippen molar-refractivity contribution in [2.45, 2.75) is 31.8 Å². The van der Waals surface area contributed by atoms with Crippen LogP contribution in [0.1, 0.15) is 30.1 Å². The van der Waals surface area contributed by atoms with Crippen molar-refractivity contribution < 1.29 is 9.18 Å². The standard InChI is InChI=1S/C13H16BrFN2O/c1-8-6-10(4-5-16-8)17-13(18)11-7-9(15)2-3-12(11)14/h2-3,7-8,10,16H,4-6H2,1H3,(H,17,18). The number of rotatable bonds is 2. The molecule has 0 radical (unpaired) electrons. The topological polar surface area (TPSA) is 41.1 Å². The second kappa shape index (κ2) is 5.80. The van der Waals surface area contributed by atoms with Crippen molar-refractivity contribution >= 4 is 21.8 Å². The molecule has 1 heterocycles. The summed E-state index contributed by atoms with van der Waals surface area (Å²) in [4.78, 5) is 12.1. The highest BCUT2D eigenvalue weighted by Crippen LogP contribution is 2.18. The van der Waals surface area contributed by atoms with E-state index in [1.807, 2.05) is 0 Å². The molecule has 18 heavy (non-hydrogen) atoms. The first kappa shape index (κ1) is 13.5. The van der Waals surface area contributed by atoms with Gasteiger partial charge in [-0.25, -0.2) is 4.39 Å². The maximum Gasteiger partial charge on any atom is 0.252 e. The van der Waals surface area contributed by atoms with E-state index in [2.05, 4.69) is 33.5 Å². The van der Waals surface area contributed by atoms with Gasteiger partial charge < -0.3 is 10.6 Å². The van der Waals surface area contributed by atoms with Crippen LogP contribution in [0, 0.1) is 5.82 Å². The summed E-state index contributed by atoms with van der Waals surface area (Å²) in [6.45, 7) is 2.99. The van der Waals surface area contributed by atoms with E-state index in [1.165, 1.54) is 12.1 Å². The van der Waals surface area contributed by atoms with Gasteiger partial charge in [-0.05, 0) is 60.4 Å². The molecule has 1 aliphatic heterocycles. The Kier molecular flexibility index (Phi) is 4.35. The second-order valence-electron chi connectivity index (χ2n) is 4.67. The Hall–Kier alpha value is -0.940. The zero-order valence-corrected chi connectivity index (χ0v) is 11.8. The van der Waals surface area contributed by atoms with E-state index in [1.54, 1.807) is 6.07 Å². The van der Waals surface area contributed by atoms with Crippen LogP contribution in [0.15, 0.2) is 22.7 Å². The van der Waals surface area contributed by atoms with Gasteiger partial charge in [-0.15, -0.1) is 0 Å². The lowest BCUT2D eigenvalue weighted by molar-refractivity contribution is 0.0924. The molecule has 0 spiro atoms. The molecular weight excluding hydrogens is 299 g/mol. The van der Waals surface area contributed by atoms with E-state index in [9.17, 15) is 9.18 Å². The van der Waals surface area contributed by atoms with E-state index in [4.69, 9.17) is 0 Å². The molecule has 1 fully saturated rings. The molecule has 98 valence electrons. The summed E-state index contributed by atoms with van der Waals surface area (Å²) in [7, 11) is 0. The molecule has 2 unspecified atom stereocenters. The number of piperidine rings is 1. The summed E-state index contributed by atoms with van der Waals surface area (Å²) >= 11 is 3.27. The molecule has 1 amide bonds. The Bertz CT molecular complexity index is 453. The molecule has 3 nitrogen and oxygen atoms in total. The number of carbonyl (C=O) groups excluding carboxylic acids is 1. The third-order valence-corrected chi connectivity index (χ3v) is 3.82. The van der Waals surface area contributed by atoms with Crippen molar-refractivity contribution in [3.05, 3.63) is 34.1 Å². The first-order chi connectivity index (χ1) is 8.56. The average molecular weight is 315 g/mol. The minimum atomic E-state index is -0.401. The average Bonchev–Trinajstić information content (AvgIpc) is 2.32. The van der Waals surface area contributed by atoms with Crippen LogP contribution in [0.3, 0.4) is 0 Å². The summed E-state index contributed by atoms with van der Waals surface area (Å²) in [6.07, 6.45) is 1.81. The van der Waals surface area contributed by atoms with Crippen molar-refractivity contribution in [3.63, 3.8) is 0 Å². The first-order valence-electron chi connectivity index (χ1n) is 6.05. The maximum absolute atomic E-state index is 13.1. The van der Waals surface area contributed by atoms with Crippen LogP contribution >= 0.6 is 15.9 Å². The van der Waals surface area contributed by atoms with Crippen molar-refractivity contribution in [2.24, 2.45) is 0 Å². The molecule has 0 saturated carbocycles. The highest BCUT2D eigenvalue weighted by molar-refractivity contribution is 9.10. The number of hydrogen-bond donors (Lipinski definition) is 2. The number of carbonyl (C=O) groups is 1. The SMILES string of the molecule is CC1CC(NC(=O)c2cc(F)ccc2Br)CCN1. The van der Waals surface area contributed by atoms with Gasteiger partial charge in [0, 0.05) is 16.6 Å². The van der Waals surface area contributed by atoms with Crippen molar-refractivity contribution in [3.8, 4) is 0 Å². The van der Waals surface area contributed by atoms with E-state index in [-0.39, 0.29) is 11.9 Å². The van der Waals surface area contributed by atoms with Crippen LogP contribution < -0.4 is 10.6 Å². The molecule has 0 aliphatic carbocycles. The Morgan fingerprint density at radius 2 is 2.33 bits per heavy atom. The molecule has 1 aromatic carbocycles. The molecule has 2 rings (SSSR count). The molecule has 0 bridgehead atoms. The fourth-order valence-corrected chi connectivity index (χ4v) is 2.62. The Morgan fingerprint density at radius 3 is 3.06 bits per heavy atom. The van der Waals surface area contributed by atoms with E-state index < -0.39 is 5.82 Å². The molecule has 5 heteroatoms. The third kappa shape index (κ3) is 3.29. The lowest BCUT2D eigenvalue weighted by Gasteiger charge is -2.28. The van der Waals surface area contributed by atoms with Gasteiger partial charge in [0.2, 0.25) is 0 Å². The largest absolute Gasteiger partial charge is 0.349 e. The number of hydrogen-bond acceptors (Lipinski definition) is 2. The third-order valence-electron chi connectivity index (χ3n) is 3.13. The first-order valence-corrected chi connectivity index (χ1v) is 6.85. The van der Waals surface area contributed by atoms with Crippen molar-refractivity contribution in [1.82, 2.24) is 10.6 Å². The molecule has 0 aromatic heterocycles. The molecule has 1 saturated heterocycles. The molecule has 2 N–H and O–H groups in total. The summed E-state index contributed by atoms with van der Waals surface area (Å²) in [5.74, 6) is -0.623. The minimum Gasteiger partial charge on any atom is -0.349 e. The smallest absolute Gasteiger partial charge is 0.252 e. The molecule has 1 aromatic rings. The Morgan fingerprint density at radius 1 is 1.56 bits per heavy atom. The monoisotopic (exact) mass is 314 g/mol. The van der Waals surface area contributed by atoms with Crippen LogP contribution in [0.2, 0.25) is 0 Å². The van der Waals surface area contributed by atoms with E-state index >= 15 is 0 Å². The number of nitrogens with one attached hydrogen (secondary N) is 2. The molecule has 1 aliphatic rings. The van der Waals surface area contributed by atoms with Gasteiger partial charge in [0.05, 0.1) is 5.56 Å². The van der Waals surface area contributed by atoms with Crippen LogP contribution in [0.25, 0.3) is 0 Å². The van der Waals surface area contributed by atoms with Crippen LogP contribution in [0.5, 0.6) is 0 Å². The quantitative estimate of drug-likeness (QED) is 0.880. The Labute approximate surface area is 114 Å². The summed E-state index contributed by atoms with van der Waals surface area (Å²) < 4.78 is 13.8. The summed E-state index contributed by atoms with van der Waals surface area (Å²) in [6, 6.07) is 4.69. The van der Waals surface area contributed by atoms with Gasteiger partial charge >= 0.3 is 0 Å². The van der Waals surface area contributed by atoms with Crippen LogP contribution in [-0.4, -0.2) is 24.5 Å². The van der Waals surface area contributed by atoms with Gasteiger partial charge in [0.15, 0.2) is 0 Å². The van der Waals surface area contributed by atoms with Crippen LogP contribution in [-0.2, 0) is 0 Å². The van der Waals surface area contributed by atoms with Crippen molar-refractivity contribution in [1.29, 1.82) is 0 Å². The van der Waals surface area contributed by atoms with Crippen LogP contribution in [0.4, 0.5) is 4.39 Å². The van der Waals surface area contributed by atoms with Crippen molar-refractivity contribution in [2.75, 3.05) is 6.54 Å². The maximum atomic E-state index is 13.1. The van der Waals surface area contributed by atoms with E-state index in [0.717, 1.165) is 19.4 Å². The van der Waals surface area contributed by atoms with Gasteiger partial charge in [-0.1, -0.05) is 0 Å². The second-order valence-corrected chi connectivity index (χ2v) is 5.53. The van der Waals surface area contributed by atoms with Gasteiger partial charge in [-0.2, -0.15) is 0 Å². The fourth-order valence-electron chi connectivity index (χ4n) is 2.20. The fraction of sp³-hybridized carbons (Fsp3) is 0.462. The highest BCUT2D eigenvalue weighted by atomic mass is 79.9. The lowest BCUT2D eigenvalue weighted by atomic mass is 10.0. The number of benzene rings is 1. The summed E-state index contributed by atoms with van der Waals surface area (Å²) in [5, 5.41) is 6.28. The molecular formula is C13H16BrFN2O. The van der Waals surface area contributed by atoms with Gasteiger partial charge in [-0.3, -0.25) is 4.79 Å². The zero-order valence-electron chi connectivity index (χ0n) is 10.2.